The second-order valence-electron chi connectivity index (χ2n) is 4.96. The number of methoxy groups -OCH3 is 1. The predicted octanol–water partition coefficient (Wildman–Crippen LogP) is 2.17. The van der Waals surface area contributed by atoms with E-state index < -0.39 is 17.3 Å². The van der Waals surface area contributed by atoms with Crippen molar-refractivity contribution in [3.63, 3.8) is 0 Å². The third-order valence-corrected chi connectivity index (χ3v) is 3.51. The molecule has 5 N–H and O–H groups in total. The summed E-state index contributed by atoms with van der Waals surface area (Å²) in [5.41, 5.74) is 0.863. The predicted molar refractivity (Wildman–Crippen MR) is 82.0 cm³/mol. The number of hydrogen-bond acceptors (Lipinski definition) is 7. The minimum atomic E-state index is -0.561. The molecule has 0 atom stereocenters. The average molecular weight is 315 g/mol. The molecule has 2 aromatic rings. The summed E-state index contributed by atoms with van der Waals surface area (Å²) < 4.78 is 4.93. The summed E-state index contributed by atoms with van der Waals surface area (Å²) in [5.74, 6) is -2.13. The number of aromatic hydroxyl groups is 4. The van der Waals surface area contributed by atoms with Crippen molar-refractivity contribution in [2.45, 2.75) is 0 Å². The molecular weight excluding hydrogens is 302 g/mol. The van der Waals surface area contributed by atoms with Gasteiger partial charge in [-0.1, -0.05) is 6.07 Å². The maximum atomic E-state index is 12.4. The average Bonchev–Trinajstić information content (AvgIpc) is 2.83. The molecule has 0 spiro atoms. The van der Waals surface area contributed by atoms with E-state index in [9.17, 15) is 25.2 Å². The lowest BCUT2D eigenvalue weighted by Crippen LogP contribution is -1.99. The number of anilines is 1. The van der Waals surface area contributed by atoms with Crippen molar-refractivity contribution in [2.24, 2.45) is 0 Å². The van der Waals surface area contributed by atoms with Crippen LogP contribution in [0.2, 0.25) is 0 Å². The van der Waals surface area contributed by atoms with E-state index >= 15 is 0 Å². The van der Waals surface area contributed by atoms with Gasteiger partial charge in [0, 0.05) is 6.07 Å². The summed E-state index contributed by atoms with van der Waals surface area (Å²) in [6, 6.07) is 5.49. The van der Waals surface area contributed by atoms with Crippen LogP contribution in [0.4, 0.5) is 5.69 Å². The van der Waals surface area contributed by atoms with Crippen molar-refractivity contribution < 1.29 is 30.0 Å². The molecule has 0 saturated heterocycles. The molecule has 0 amide bonds. The first-order valence-electron chi connectivity index (χ1n) is 6.60. The van der Waals surface area contributed by atoms with Crippen molar-refractivity contribution >= 4 is 17.5 Å². The fourth-order valence-electron chi connectivity index (χ4n) is 2.35. The molecule has 0 radical (unpaired) electrons. The molecule has 7 nitrogen and oxygen atoms in total. The van der Waals surface area contributed by atoms with Crippen LogP contribution in [0.15, 0.2) is 30.0 Å². The van der Waals surface area contributed by atoms with E-state index in [1.165, 1.54) is 37.5 Å². The van der Waals surface area contributed by atoms with E-state index in [-0.39, 0.29) is 28.5 Å². The van der Waals surface area contributed by atoms with Crippen molar-refractivity contribution in [1.29, 1.82) is 0 Å². The van der Waals surface area contributed by atoms with Crippen LogP contribution in [0.3, 0.4) is 0 Å². The van der Waals surface area contributed by atoms with Crippen LogP contribution in [0.25, 0.3) is 6.08 Å². The Hall–Kier alpha value is -3.35. The van der Waals surface area contributed by atoms with Crippen molar-refractivity contribution in [3.05, 3.63) is 41.1 Å². The molecule has 1 aliphatic heterocycles. The highest BCUT2D eigenvalue weighted by Gasteiger charge is 2.31. The lowest BCUT2D eigenvalue weighted by molar-refractivity contribution is 0.103. The Labute approximate surface area is 130 Å². The number of benzene rings is 2. The fraction of sp³-hybridized carbons (Fsp3) is 0.0625. The van der Waals surface area contributed by atoms with E-state index in [4.69, 9.17) is 4.74 Å². The number of rotatable bonds is 2. The number of carbonyl (C=O) groups is 1. The minimum absolute atomic E-state index is 0.0325. The van der Waals surface area contributed by atoms with E-state index in [0.717, 1.165) is 0 Å². The molecule has 7 heteroatoms. The number of phenols is 4. The summed E-state index contributed by atoms with van der Waals surface area (Å²) in [6.45, 7) is 0. The number of carbonyl (C=O) groups excluding carboxylic acids is 1. The van der Waals surface area contributed by atoms with Crippen LogP contribution in [0, 0.1) is 0 Å². The van der Waals surface area contributed by atoms with Gasteiger partial charge < -0.3 is 30.5 Å². The molecule has 1 heterocycles. The number of allylic oxidation sites excluding steroid dienone is 1. The molecule has 0 saturated carbocycles. The zero-order valence-electron chi connectivity index (χ0n) is 12.0. The number of fused-ring (bicyclic) bond motifs is 1. The monoisotopic (exact) mass is 315 g/mol. The lowest BCUT2D eigenvalue weighted by Gasteiger charge is -2.08. The Morgan fingerprint density at radius 3 is 2.43 bits per heavy atom. The second kappa shape index (κ2) is 5.13. The molecule has 0 fully saturated rings. The zero-order chi connectivity index (χ0) is 16.7. The van der Waals surface area contributed by atoms with Gasteiger partial charge in [0.1, 0.15) is 0 Å². The Kier molecular flexibility index (Phi) is 3.25. The van der Waals surface area contributed by atoms with Crippen LogP contribution in [-0.4, -0.2) is 33.3 Å². The summed E-state index contributed by atoms with van der Waals surface area (Å²) >= 11 is 0. The van der Waals surface area contributed by atoms with Crippen LogP contribution < -0.4 is 10.1 Å². The molecule has 0 aromatic heterocycles. The van der Waals surface area contributed by atoms with Crippen molar-refractivity contribution in [2.75, 3.05) is 12.4 Å². The van der Waals surface area contributed by atoms with Crippen LogP contribution in [-0.2, 0) is 0 Å². The number of phenolic OH excluding ortho intramolecular Hbond substituents is 4. The largest absolute Gasteiger partial charge is 0.504 e. The van der Waals surface area contributed by atoms with Gasteiger partial charge in [0.05, 0.1) is 24.1 Å². The first-order chi connectivity index (χ1) is 10.9. The summed E-state index contributed by atoms with van der Waals surface area (Å²) in [5, 5.41) is 41.4. The van der Waals surface area contributed by atoms with Gasteiger partial charge in [0.15, 0.2) is 23.0 Å². The van der Waals surface area contributed by atoms with Gasteiger partial charge in [-0.05, 0) is 23.8 Å². The smallest absolute Gasteiger partial charge is 0.215 e. The van der Waals surface area contributed by atoms with Crippen LogP contribution in [0.1, 0.15) is 15.9 Å². The molecule has 0 bridgehead atoms. The van der Waals surface area contributed by atoms with Gasteiger partial charge in [0.2, 0.25) is 11.5 Å². The summed E-state index contributed by atoms with van der Waals surface area (Å²) in [6.07, 6.45) is 1.45. The first kappa shape index (κ1) is 14.6. The van der Waals surface area contributed by atoms with Crippen molar-refractivity contribution in [1.82, 2.24) is 0 Å². The summed E-state index contributed by atoms with van der Waals surface area (Å²) in [7, 11) is 1.33. The van der Waals surface area contributed by atoms with Gasteiger partial charge in [-0.15, -0.1) is 0 Å². The normalized spacial score (nSPS) is 14.7. The second-order valence-corrected chi connectivity index (χ2v) is 4.96. The Morgan fingerprint density at radius 2 is 1.78 bits per heavy atom. The van der Waals surface area contributed by atoms with E-state index in [1.807, 2.05) is 0 Å². The molecule has 1 aliphatic rings. The number of ketones is 1. The lowest BCUT2D eigenvalue weighted by atomic mass is 10.1. The van der Waals surface area contributed by atoms with Gasteiger partial charge in [-0.2, -0.15) is 0 Å². The number of nitrogens with one attached hydrogen (secondary N) is 1. The minimum Gasteiger partial charge on any atom is -0.504 e. The quantitative estimate of drug-likeness (QED) is 0.327. The van der Waals surface area contributed by atoms with Crippen LogP contribution >= 0.6 is 0 Å². The molecule has 118 valence electrons. The number of hydrogen-bond donors (Lipinski definition) is 5. The van der Waals surface area contributed by atoms with Crippen molar-refractivity contribution in [3.8, 4) is 28.7 Å². The highest BCUT2D eigenvalue weighted by molar-refractivity contribution is 6.22. The van der Waals surface area contributed by atoms with E-state index in [1.54, 1.807) is 0 Å². The molecule has 23 heavy (non-hydrogen) atoms. The SMILES string of the molecule is COc1cc2c(c(O)c1O)C(=O)/C(=C\c1ccc(O)c(O)c1)N2. The van der Waals surface area contributed by atoms with Gasteiger partial charge in [-0.3, -0.25) is 4.79 Å². The maximum absolute atomic E-state index is 12.4. The zero-order valence-corrected chi connectivity index (χ0v) is 12.0. The third-order valence-electron chi connectivity index (χ3n) is 3.51. The molecule has 0 aliphatic carbocycles. The molecular formula is C16H13NO6. The van der Waals surface area contributed by atoms with Crippen LogP contribution in [0.5, 0.6) is 28.7 Å². The topological polar surface area (TPSA) is 119 Å². The summed E-state index contributed by atoms with van der Waals surface area (Å²) in [4.78, 5) is 12.4. The first-order valence-corrected chi connectivity index (χ1v) is 6.60. The Bertz CT molecular complexity index is 856. The molecule has 3 rings (SSSR count). The number of Topliss-reactive ketones (excluding diaryl/α,β-unsaturated/α-hetero) is 1. The molecule has 0 unspecified atom stereocenters. The highest BCUT2D eigenvalue weighted by Crippen LogP contribution is 2.46. The standard InChI is InChI=1S/C16H13NO6/c1-23-12-6-8-13(16(22)15(12)21)14(20)9(17-8)4-7-2-3-10(18)11(19)5-7/h2-6,17-19,21-22H,1H3/b9-4+. The fourth-order valence-corrected chi connectivity index (χ4v) is 2.35. The third kappa shape index (κ3) is 2.28. The Morgan fingerprint density at radius 1 is 1.04 bits per heavy atom. The van der Waals surface area contributed by atoms with E-state index in [2.05, 4.69) is 5.32 Å². The maximum Gasteiger partial charge on any atom is 0.215 e. The van der Waals surface area contributed by atoms with Gasteiger partial charge in [-0.25, -0.2) is 0 Å². The Balaban J connectivity index is 2.05. The van der Waals surface area contributed by atoms with Gasteiger partial charge in [0.25, 0.3) is 0 Å². The van der Waals surface area contributed by atoms with Gasteiger partial charge >= 0.3 is 0 Å². The highest BCUT2D eigenvalue weighted by atomic mass is 16.5. The molecule has 2 aromatic carbocycles. The van der Waals surface area contributed by atoms with E-state index in [0.29, 0.717) is 11.3 Å². The number of ether oxygens (including phenoxy) is 1.